The molecule has 0 bridgehead atoms. The normalized spacial score (nSPS) is 14.7. The highest BCUT2D eigenvalue weighted by Gasteiger charge is 2.33. The summed E-state index contributed by atoms with van der Waals surface area (Å²) in [7, 11) is -4.12. The van der Waals surface area contributed by atoms with Gasteiger partial charge in [0.15, 0.2) is 0 Å². The fourth-order valence-corrected chi connectivity index (χ4v) is 6.86. The van der Waals surface area contributed by atoms with Gasteiger partial charge in [0.25, 0.3) is 10.0 Å². The number of aryl methyl sites for hydroxylation is 2. The second-order valence-electron chi connectivity index (χ2n) is 10.9. The van der Waals surface area contributed by atoms with Gasteiger partial charge in [-0.1, -0.05) is 72.8 Å². The monoisotopic (exact) mass is 629 g/mol. The molecule has 224 valence electrons. The Morgan fingerprint density at radius 3 is 2.24 bits per heavy atom. The third-order valence-corrected chi connectivity index (χ3v) is 10.4. The van der Waals surface area contributed by atoms with E-state index < -0.39 is 28.5 Å². The lowest BCUT2D eigenvalue weighted by atomic mass is 9.95. The first-order valence-electron chi connectivity index (χ1n) is 14.2. The average Bonchev–Trinajstić information content (AvgIpc) is 2.98. The Labute approximate surface area is 258 Å². The molecule has 1 fully saturated rings. The maximum atomic E-state index is 14.1. The van der Waals surface area contributed by atoms with E-state index in [1.54, 1.807) is 55.5 Å². The summed E-state index contributed by atoms with van der Waals surface area (Å²) in [6.45, 7) is 5.04. The van der Waals surface area contributed by atoms with Gasteiger partial charge in [0.2, 0.25) is 11.8 Å². The van der Waals surface area contributed by atoms with E-state index in [-0.39, 0.29) is 23.4 Å². The Bertz CT molecular complexity index is 1530. The van der Waals surface area contributed by atoms with Crippen LogP contribution in [0.1, 0.15) is 55.7 Å². The molecule has 7 nitrogen and oxygen atoms in total. The van der Waals surface area contributed by atoms with Gasteiger partial charge in [-0.05, 0) is 86.7 Å². The number of nitrogens with zero attached hydrogens (tertiary/aromatic N) is 2. The summed E-state index contributed by atoms with van der Waals surface area (Å²) in [4.78, 5) is 29.0. The number of carbonyl (C=O) groups excluding carboxylic acids is 2. The van der Waals surface area contributed by atoms with Crippen LogP contribution in [0.15, 0.2) is 71.6 Å². The molecule has 42 heavy (non-hydrogen) atoms. The molecule has 3 aromatic carbocycles. The first-order chi connectivity index (χ1) is 20.0. The number of carbonyl (C=O) groups is 2. The summed E-state index contributed by atoms with van der Waals surface area (Å²) >= 11 is 12.4. The van der Waals surface area contributed by atoms with Crippen LogP contribution < -0.4 is 9.62 Å². The number of rotatable bonds is 10. The molecule has 1 unspecified atom stereocenters. The van der Waals surface area contributed by atoms with Crippen LogP contribution in [0.25, 0.3) is 0 Å². The second kappa shape index (κ2) is 13.9. The van der Waals surface area contributed by atoms with Gasteiger partial charge in [0.1, 0.15) is 12.6 Å². The van der Waals surface area contributed by atoms with Gasteiger partial charge < -0.3 is 10.2 Å². The van der Waals surface area contributed by atoms with Gasteiger partial charge in [0, 0.05) is 12.6 Å². The summed E-state index contributed by atoms with van der Waals surface area (Å²) in [6, 6.07) is 17.5. The van der Waals surface area contributed by atoms with E-state index in [4.69, 9.17) is 23.2 Å². The predicted molar refractivity (Wildman–Crippen MR) is 168 cm³/mol. The van der Waals surface area contributed by atoms with Crippen molar-refractivity contribution in [3.05, 3.63) is 93.5 Å². The van der Waals surface area contributed by atoms with E-state index in [2.05, 4.69) is 5.32 Å². The molecule has 0 aliphatic heterocycles. The lowest BCUT2D eigenvalue weighted by molar-refractivity contribution is -0.139. The van der Waals surface area contributed by atoms with Gasteiger partial charge in [-0.3, -0.25) is 13.9 Å². The van der Waals surface area contributed by atoms with Crippen LogP contribution in [0.3, 0.4) is 0 Å². The summed E-state index contributed by atoms with van der Waals surface area (Å²) in [6.07, 6.45) is 5.04. The molecular weight excluding hydrogens is 593 g/mol. The number of halogens is 2. The largest absolute Gasteiger partial charge is 0.352 e. The summed E-state index contributed by atoms with van der Waals surface area (Å²) in [5.74, 6) is -0.802. The van der Waals surface area contributed by atoms with E-state index in [9.17, 15) is 18.0 Å². The molecule has 0 radical (unpaired) electrons. The fourth-order valence-electron chi connectivity index (χ4n) is 5.12. The minimum atomic E-state index is -4.12. The van der Waals surface area contributed by atoms with E-state index in [1.165, 1.54) is 17.0 Å². The zero-order valence-electron chi connectivity index (χ0n) is 24.1. The summed E-state index contributed by atoms with van der Waals surface area (Å²) in [5.41, 5.74) is 2.92. The number of nitrogens with one attached hydrogen (secondary N) is 1. The van der Waals surface area contributed by atoms with Crippen molar-refractivity contribution >= 4 is 50.7 Å². The Morgan fingerprint density at radius 1 is 0.905 bits per heavy atom. The molecule has 1 aliphatic carbocycles. The van der Waals surface area contributed by atoms with Crippen LogP contribution >= 0.6 is 23.2 Å². The van der Waals surface area contributed by atoms with Crippen molar-refractivity contribution in [1.82, 2.24) is 10.2 Å². The minimum Gasteiger partial charge on any atom is -0.352 e. The van der Waals surface area contributed by atoms with Crippen molar-refractivity contribution in [3.63, 3.8) is 0 Å². The zero-order chi connectivity index (χ0) is 30.4. The molecular formula is C32H37Cl2N3O4S. The smallest absolute Gasteiger partial charge is 0.264 e. The van der Waals surface area contributed by atoms with Crippen LogP contribution in [-0.4, -0.2) is 43.8 Å². The highest BCUT2D eigenvalue weighted by Crippen LogP contribution is 2.28. The van der Waals surface area contributed by atoms with E-state index in [0.29, 0.717) is 21.3 Å². The van der Waals surface area contributed by atoms with Gasteiger partial charge in [-0.15, -0.1) is 0 Å². The summed E-state index contributed by atoms with van der Waals surface area (Å²) in [5, 5.41) is 3.80. The van der Waals surface area contributed by atoms with Crippen LogP contribution in [0.2, 0.25) is 10.0 Å². The first kappa shape index (κ1) is 31.9. The number of amides is 2. The van der Waals surface area contributed by atoms with Crippen molar-refractivity contribution in [1.29, 1.82) is 0 Å². The van der Waals surface area contributed by atoms with Gasteiger partial charge in [0.05, 0.1) is 20.6 Å². The summed E-state index contributed by atoms with van der Waals surface area (Å²) < 4.78 is 29.0. The molecule has 10 heteroatoms. The molecule has 0 spiro atoms. The first-order valence-corrected chi connectivity index (χ1v) is 16.4. The van der Waals surface area contributed by atoms with Crippen molar-refractivity contribution in [2.24, 2.45) is 0 Å². The number of hydrogen-bond donors (Lipinski definition) is 1. The number of benzene rings is 3. The standard InChI is InChI=1S/C32H37Cl2N3O4S/c1-22-14-16-27(18-23(22)2)37(42(40,41)28-12-8-5-9-13-28)21-31(38)36(20-25-15-17-29(33)30(34)19-25)24(3)32(39)35-26-10-6-4-7-11-26/h5,8-9,12-19,24,26H,4,6-7,10-11,20-21H2,1-3H3,(H,35,39). The van der Waals surface area contributed by atoms with Gasteiger partial charge in [-0.25, -0.2) is 8.42 Å². The SMILES string of the molecule is Cc1ccc(N(CC(=O)N(Cc2ccc(Cl)c(Cl)c2)C(C)C(=O)NC2CCCCC2)S(=O)(=O)c2ccccc2)cc1C. The molecule has 2 amide bonds. The molecule has 0 saturated heterocycles. The molecule has 1 saturated carbocycles. The van der Waals surface area contributed by atoms with Crippen molar-refractivity contribution in [3.8, 4) is 0 Å². The Morgan fingerprint density at radius 2 is 1.60 bits per heavy atom. The maximum absolute atomic E-state index is 14.1. The number of hydrogen-bond acceptors (Lipinski definition) is 4. The van der Waals surface area contributed by atoms with Crippen LogP contribution in [-0.2, 0) is 26.2 Å². The molecule has 1 aliphatic rings. The third-order valence-electron chi connectivity index (χ3n) is 7.84. The lowest BCUT2D eigenvalue weighted by Crippen LogP contribution is -2.53. The maximum Gasteiger partial charge on any atom is 0.264 e. The van der Waals surface area contributed by atoms with Crippen molar-refractivity contribution < 1.29 is 18.0 Å². The molecule has 1 atom stereocenters. The molecule has 0 heterocycles. The van der Waals surface area contributed by atoms with Gasteiger partial charge >= 0.3 is 0 Å². The van der Waals surface area contributed by atoms with E-state index in [0.717, 1.165) is 47.5 Å². The molecule has 3 aromatic rings. The van der Waals surface area contributed by atoms with E-state index >= 15 is 0 Å². The Hall–Kier alpha value is -3.07. The second-order valence-corrected chi connectivity index (χ2v) is 13.6. The Kier molecular flexibility index (Phi) is 10.6. The molecule has 1 N–H and O–H groups in total. The zero-order valence-corrected chi connectivity index (χ0v) is 26.5. The van der Waals surface area contributed by atoms with Crippen molar-refractivity contribution in [2.75, 3.05) is 10.8 Å². The predicted octanol–water partition coefficient (Wildman–Crippen LogP) is 6.67. The lowest BCUT2D eigenvalue weighted by Gasteiger charge is -2.33. The quantitative estimate of drug-likeness (QED) is 0.271. The molecule has 0 aromatic heterocycles. The van der Waals surface area contributed by atoms with Crippen molar-refractivity contribution in [2.45, 2.75) is 76.4 Å². The van der Waals surface area contributed by atoms with Crippen LogP contribution in [0.5, 0.6) is 0 Å². The van der Waals surface area contributed by atoms with Gasteiger partial charge in [-0.2, -0.15) is 0 Å². The topological polar surface area (TPSA) is 86.8 Å². The average molecular weight is 631 g/mol. The highest BCUT2D eigenvalue weighted by molar-refractivity contribution is 7.92. The number of sulfonamides is 1. The van der Waals surface area contributed by atoms with E-state index in [1.807, 2.05) is 19.9 Å². The fraction of sp³-hybridized carbons (Fsp3) is 0.375. The minimum absolute atomic E-state index is 0.0428. The number of anilines is 1. The van der Waals surface area contributed by atoms with Crippen LogP contribution in [0.4, 0.5) is 5.69 Å². The third kappa shape index (κ3) is 7.65. The molecule has 4 rings (SSSR count). The Balaban J connectivity index is 1.70. The highest BCUT2D eigenvalue weighted by atomic mass is 35.5. The van der Waals surface area contributed by atoms with Crippen LogP contribution in [0, 0.1) is 13.8 Å².